The van der Waals surface area contributed by atoms with Gasteiger partial charge in [-0.2, -0.15) is 0 Å². The van der Waals surface area contributed by atoms with Crippen molar-refractivity contribution < 1.29 is 0 Å². The number of nitrogens with zero attached hydrogens (tertiary/aromatic N) is 2. The Labute approximate surface area is 116 Å². The summed E-state index contributed by atoms with van der Waals surface area (Å²) in [5.74, 6) is 1.48. The first-order valence-electron chi connectivity index (χ1n) is 5.72. The summed E-state index contributed by atoms with van der Waals surface area (Å²) in [6.45, 7) is 2.84. The van der Waals surface area contributed by atoms with Crippen molar-refractivity contribution >= 4 is 29.3 Å². The van der Waals surface area contributed by atoms with E-state index in [-0.39, 0.29) is 0 Å². The minimum Gasteiger partial charge on any atom is -0.354 e. The highest BCUT2D eigenvalue weighted by Crippen LogP contribution is 2.25. The van der Waals surface area contributed by atoms with Crippen molar-refractivity contribution in [2.45, 2.75) is 17.7 Å². The van der Waals surface area contributed by atoms with Gasteiger partial charge in [0.2, 0.25) is 5.95 Å². The van der Waals surface area contributed by atoms with Gasteiger partial charge in [0.25, 0.3) is 0 Å². The molecule has 0 saturated carbocycles. The first kappa shape index (κ1) is 13.2. The fraction of sp³-hybridized carbons (Fsp3) is 0.231. The first-order chi connectivity index (χ1) is 8.79. The Morgan fingerprint density at radius 2 is 2.11 bits per heavy atom. The highest BCUT2D eigenvalue weighted by molar-refractivity contribution is 7.98. The molecule has 0 amide bonds. The van der Waals surface area contributed by atoms with Gasteiger partial charge in [-0.3, -0.25) is 0 Å². The van der Waals surface area contributed by atoms with Gasteiger partial charge in [0, 0.05) is 23.5 Å². The fourth-order valence-electron chi connectivity index (χ4n) is 1.43. The number of anilines is 1. The highest BCUT2D eigenvalue weighted by Gasteiger charge is 2.02. The van der Waals surface area contributed by atoms with E-state index in [9.17, 15) is 0 Å². The molecule has 2 rings (SSSR count). The molecule has 0 radical (unpaired) electrons. The van der Waals surface area contributed by atoms with Gasteiger partial charge in [0.1, 0.15) is 5.03 Å². The van der Waals surface area contributed by atoms with Crippen molar-refractivity contribution in [3.8, 4) is 0 Å². The van der Waals surface area contributed by atoms with E-state index in [1.54, 1.807) is 18.0 Å². The van der Waals surface area contributed by atoms with Gasteiger partial charge < -0.3 is 5.32 Å². The van der Waals surface area contributed by atoms with Crippen LogP contribution in [0.4, 0.5) is 5.95 Å². The van der Waals surface area contributed by atoms with Gasteiger partial charge in [0.05, 0.1) is 0 Å². The number of hydrogen-bond acceptors (Lipinski definition) is 4. The molecule has 1 N–H and O–H groups in total. The van der Waals surface area contributed by atoms with E-state index in [1.807, 2.05) is 37.3 Å². The van der Waals surface area contributed by atoms with Crippen molar-refractivity contribution in [3.05, 3.63) is 47.1 Å². The van der Waals surface area contributed by atoms with Crippen molar-refractivity contribution in [2.75, 3.05) is 11.9 Å². The van der Waals surface area contributed by atoms with Crippen LogP contribution in [0.25, 0.3) is 0 Å². The zero-order chi connectivity index (χ0) is 12.8. The average Bonchev–Trinajstić information content (AvgIpc) is 2.39. The molecule has 3 nitrogen and oxygen atoms in total. The van der Waals surface area contributed by atoms with E-state index in [4.69, 9.17) is 11.6 Å². The Balaban J connectivity index is 2.02. The maximum Gasteiger partial charge on any atom is 0.223 e. The molecule has 0 aliphatic heterocycles. The van der Waals surface area contributed by atoms with Gasteiger partial charge in [-0.25, -0.2) is 9.97 Å². The molecule has 0 fully saturated rings. The highest BCUT2D eigenvalue weighted by atomic mass is 35.5. The molecule has 1 aromatic heterocycles. The lowest BCUT2D eigenvalue weighted by atomic mass is 10.2. The van der Waals surface area contributed by atoms with Crippen LogP contribution in [0.3, 0.4) is 0 Å². The van der Waals surface area contributed by atoms with Crippen LogP contribution < -0.4 is 5.32 Å². The first-order valence-corrected chi connectivity index (χ1v) is 7.09. The van der Waals surface area contributed by atoms with E-state index >= 15 is 0 Å². The molecule has 1 aromatic carbocycles. The summed E-state index contributed by atoms with van der Waals surface area (Å²) >= 11 is 7.77. The maximum atomic E-state index is 6.11. The lowest BCUT2D eigenvalue weighted by Gasteiger charge is -2.05. The van der Waals surface area contributed by atoms with Crippen molar-refractivity contribution in [3.63, 3.8) is 0 Å². The molecule has 2 aromatic rings. The van der Waals surface area contributed by atoms with Crippen molar-refractivity contribution in [2.24, 2.45) is 0 Å². The largest absolute Gasteiger partial charge is 0.354 e. The summed E-state index contributed by atoms with van der Waals surface area (Å²) in [4.78, 5) is 8.54. The maximum absolute atomic E-state index is 6.11. The quantitative estimate of drug-likeness (QED) is 0.666. The number of benzene rings is 1. The van der Waals surface area contributed by atoms with Crippen LogP contribution >= 0.6 is 23.4 Å². The second-order valence-electron chi connectivity index (χ2n) is 3.63. The predicted octanol–water partition coefficient (Wildman–Crippen LogP) is 3.85. The average molecular weight is 280 g/mol. The molecule has 0 saturated heterocycles. The van der Waals surface area contributed by atoms with Crippen LogP contribution in [0.5, 0.6) is 0 Å². The summed E-state index contributed by atoms with van der Waals surface area (Å²) in [5, 5.41) is 4.84. The summed E-state index contributed by atoms with van der Waals surface area (Å²) in [5.41, 5.74) is 1.12. The van der Waals surface area contributed by atoms with E-state index in [2.05, 4.69) is 15.3 Å². The number of nitrogens with one attached hydrogen (secondary N) is 1. The SMILES string of the molecule is CCNc1nccc(SCc2ccccc2Cl)n1. The lowest BCUT2D eigenvalue weighted by molar-refractivity contribution is 1.01. The van der Waals surface area contributed by atoms with Gasteiger partial charge in [-0.1, -0.05) is 29.8 Å². The Hall–Kier alpha value is -1.26. The van der Waals surface area contributed by atoms with Crippen LogP contribution in [-0.2, 0) is 5.75 Å². The Morgan fingerprint density at radius 3 is 2.89 bits per heavy atom. The smallest absolute Gasteiger partial charge is 0.223 e. The van der Waals surface area contributed by atoms with E-state index < -0.39 is 0 Å². The van der Waals surface area contributed by atoms with Gasteiger partial charge >= 0.3 is 0 Å². The Bertz CT molecular complexity index is 519. The molecular formula is C13H14ClN3S. The van der Waals surface area contributed by atoms with E-state index in [1.165, 1.54) is 0 Å². The second-order valence-corrected chi connectivity index (χ2v) is 5.03. The van der Waals surface area contributed by atoms with Crippen LogP contribution in [0.1, 0.15) is 12.5 Å². The zero-order valence-electron chi connectivity index (χ0n) is 10.1. The van der Waals surface area contributed by atoms with Crippen LogP contribution in [-0.4, -0.2) is 16.5 Å². The summed E-state index contributed by atoms with van der Waals surface area (Å²) in [6, 6.07) is 9.77. The number of halogens is 1. The van der Waals surface area contributed by atoms with Crippen molar-refractivity contribution in [1.82, 2.24) is 9.97 Å². The van der Waals surface area contributed by atoms with Crippen molar-refractivity contribution in [1.29, 1.82) is 0 Å². The predicted molar refractivity (Wildman–Crippen MR) is 77.2 cm³/mol. The van der Waals surface area contributed by atoms with Crippen LogP contribution in [0, 0.1) is 0 Å². The molecule has 0 aliphatic carbocycles. The molecule has 5 heteroatoms. The topological polar surface area (TPSA) is 37.8 Å². The van der Waals surface area contributed by atoms with Crippen LogP contribution in [0.15, 0.2) is 41.6 Å². The summed E-state index contributed by atoms with van der Waals surface area (Å²) < 4.78 is 0. The molecule has 0 atom stereocenters. The number of thioether (sulfide) groups is 1. The number of rotatable bonds is 5. The summed E-state index contributed by atoms with van der Waals surface area (Å²) in [7, 11) is 0. The third kappa shape index (κ3) is 3.62. The van der Waals surface area contributed by atoms with E-state index in [0.29, 0.717) is 5.95 Å². The Morgan fingerprint density at radius 1 is 1.28 bits per heavy atom. The third-order valence-corrected chi connectivity index (χ3v) is 3.65. The van der Waals surface area contributed by atoms with Crippen LogP contribution in [0.2, 0.25) is 5.02 Å². The van der Waals surface area contributed by atoms with E-state index in [0.717, 1.165) is 27.9 Å². The fourth-order valence-corrected chi connectivity index (χ4v) is 2.58. The second kappa shape index (κ2) is 6.61. The van der Waals surface area contributed by atoms with Gasteiger partial charge in [-0.15, -0.1) is 11.8 Å². The molecular weight excluding hydrogens is 266 g/mol. The molecule has 18 heavy (non-hydrogen) atoms. The molecule has 94 valence electrons. The molecule has 0 aliphatic rings. The monoisotopic (exact) mass is 279 g/mol. The lowest BCUT2D eigenvalue weighted by Crippen LogP contribution is -2.01. The normalized spacial score (nSPS) is 10.3. The summed E-state index contributed by atoms with van der Waals surface area (Å²) in [6.07, 6.45) is 1.76. The molecule has 1 heterocycles. The van der Waals surface area contributed by atoms with Gasteiger partial charge in [-0.05, 0) is 24.6 Å². The number of aromatic nitrogens is 2. The molecule has 0 spiro atoms. The number of hydrogen-bond donors (Lipinski definition) is 1. The minimum atomic E-state index is 0.668. The molecule has 0 unspecified atom stereocenters. The standard InChI is InChI=1S/C13H14ClN3S/c1-2-15-13-16-8-7-12(17-13)18-9-10-5-3-4-6-11(10)14/h3-8H,2,9H2,1H3,(H,15,16,17). The van der Waals surface area contributed by atoms with Gasteiger partial charge in [0.15, 0.2) is 0 Å². The Kier molecular flexibility index (Phi) is 4.84. The minimum absolute atomic E-state index is 0.668. The zero-order valence-corrected chi connectivity index (χ0v) is 11.6. The third-order valence-electron chi connectivity index (χ3n) is 2.30. The molecule has 0 bridgehead atoms.